The molecule has 4 rings (SSSR count). The molecule has 33 heavy (non-hydrogen) atoms. The maximum absolute atomic E-state index is 13.3. The molecule has 0 radical (unpaired) electrons. The van der Waals surface area contributed by atoms with Crippen molar-refractivity contribution in [1.82, 2.24) is 19.8 Å². The van der Waals surface area contributed by atoms with Crippen LogP contribution in [0.1, 0.15) is 28.7 Å². The van der Waals surface area contributed by atoms with E-state index in [2.05, 4.69) is 16.0 Å². The van der Waals surface area contributed by atoms with E-state index in [-0.39, 0.29) is 17.5 Å². The molecule has 1 saturated heterocycles. The van der Waals surface area contributed by atoms with E-state index in [1.807, 2.05) is 61.2 Å². The summed E-state index contributed by atoms with van der Waals surface area (Å²) in [4.78, 5) is 38.4. The number of methoxy groups -OCH3 is 1. The minimum atomic E-state index is -0.583. The summed E-state index contributed by atoms with van der Waals surface area (Å²) in [5.41, 5.74) is 4.10. The molecule has 1 aromatic heterocycles. The van der Waals surface area contributed by atoms with E-state index in [1.165, 1.54) is 6.20 Å². The van der Waals surface area contributed by atoms with Gasteiger partial charge in [-0.3, -0.25) is 14.6 Å². The Morgan fingerprint density at radius 1 is 1.06 bits per heavy atom. The first-order valence-corrected chi connectivity index (χ1v) is 11.1. The number of aryl methyl sites for hydroxylation is 1. The Morgan fingerprint density at radius 2 is 1.85 bits per heavy atom. The van der Waals surface area contributed by atoms with Crippen LogP contribution in [-0.4, -0.2) is 64.4 Å². The SMILES string of the molecule is CCN1CCN(C(=O)c2cnc(C)cn2)[C@@H](Cc2cccc(-c3ccc(OC)cc3)c2)C1=O. The van der Waals surface area contributed by atoms with Crippen LogP contribution in [0.5, 0.6) is 5.75 Å². The van der Waals surface area contributed by atoms with Crippen LogP contribution >= 0.6 is 0 Å². The number of ether oxygens (including phenoxy) is 1. The fourth-order valence-electron chi connectivity index (χ4n) is 4.13. The van der Waals surface area contributed by atoms with Gasteiger partial charge in [0.05, 0.1) is 19.0 Å². The van der Waals surface area contributed by atoms with Crippen LogP contribution in [0, 0.1) is 6.92 Å². The molecule has 7 heteroatoms. The molecule has 1 atom stereocenters. The number of benzene rings is 2. The Bertz CT molecular complexity index is 1130. The summed E-state index contributed by atoms with van der Waals surface area (Å²) in [5, 5.41) is 0. The van der Waals surface area contributed by atoms with E-state index in [9.17, 15) is 9.59 Å². The summed E-state index contributed by atoms with van der Waals surface area (Å²) in [5.74, 6) is 0.505. The van der Waals surface area contributed by atoms with E-state index < -0.39 is 6.04 Å². The number of carbonyl (C=O) groups excluding carboxylic acids is 2. The quantitative estimate of drug-likeness (QED) is 0.583. The topological polar surface area (TPSA) is 75.6 Å². The third-order valence-corrected chi connectivity index (χ3v) is 6.01. The fraction of sp³-hybridized carbons (Fsp3) is 0.308. The molecular weight excluding hydrogens is 416 g/mol. The van der Waals surface area contributed by atoms with Gasteiger partial charge in [0.15, 0.2) is 0 Å². The lowest BCUT2D eigenvalue weighted by Crippen LogP contribution is -2.59. The minimum absolute atomic E-state index is 0.0352. The van der Waals surface area contributed by atoms with Crippen molar-refractivity contribution in [3.8, 4) is 16.9 Å². The van der Waals surface area contributed by atoms with Crippen LogP contribution in [-0.2, 0) is 11.2 Å². The lowest BCUT2D eigenvalue weighted by Gasteiger charge is -2.40. The maximum Gasteiger partial charge on any atom is 0.274 e. The molecular formula is C26H28N4O3. The average Bonchev–Trinajstić information content (AvgIpc) is 2.85. The van der Waals surface area contributed by atoms with Crippen LogP contribution in [0.4, 0.5) is 0 Å². The zero-order valence-corrected chi connectivity index (χ0v) is 19.2. The maximum atomic E-state index is 13.3. The average molecular weight is 445 g/mol. The smallest absolute Gasteiger partial charge is 0.274 e. The van der Waals surface area contributed by atoms with Gasteiger partial charge in [0.2, 0.25) is 5.91 Å². The van der Waals surface area contributed by atoms with E-state index in [0.29, 0.717) is 26.1 Å². The van der Waals surface area contributed by atoms with E-state index in [0.717, 1.165) is 28.1 Å². The highest BCUT2D eigenvalue weighted by atomic mass is 16.5. The summed E-state index contributed by atoms with van der Waals surface area (Å²) in [7, 11) is 1.64. The molecule has 1 fully saturated rings. The summed E-state index contributed by atoms with van der Waals surface area (Å²) >= 11 is 0. The number of hydrogen-bond acceptors (Lipinski definition) is 5. The predicted octanol–water partition coefficient (Wildman–Crippen LogP) is 3.38. The Hall–Kier alpha value is -3.74. The molecule has 170 valence electrons. The molecule has 3 aromatic rings. The van der Waals surface area contributed by atoms with Gasteiger partial charge >= 0.3 is 0 Å². The van der Waals surface area contributed by atoms with Gasteiger partial charge in [0, 0.05) is 32.3 Å². The normalized spacial score (nSPS) is 16.1. The van der Waals surface area contributed by atoms with Gasteiger partial charge in [-0.05, 0) is 42.7 Å². The van der Waals surface area contributed by atoms with E-state index in [4.69, 9.17) is 4.74 Å². The number of likely N-dealkylation sites (N-methyl/N-ethyl adjacent to an activating group) is 1. The van der Waals surface area contributed by atoms with Crippen LogP contribution in [0.15, 0.2) is 60.9 Å². The molecule has 2 aromatic carbocycles. The lowest BCUT2D eigenvalue weighted by molar-refractivity contribution is -0.139. The third-order valence-electron chi connectivity index (χ3n) is 6.01. The van der Waals surface area contributed by atoms with Crippen LogP contribution in [0.3, 0.4) is 0 Å². The van der Waals surface area contributed by atoms with Crippen molar-refractivity contribution >= 4 is 11.8 Å². The van der Waals surface area contributed by atoms with Crippen molar-refractivity contribution in [1.29, 1.82) is 0 Å². The van der Waals surface area contributed by atoms with Gasteiger partial charge in [-0.15, -0.1) is 0 Å². The van der Waals surface area contributed by atoms with Crippen molar-refractivity contribution in [3.05, 3.63) is 77.9 Å². The van der Waals surface area contributed by atoms with Crippen molar-refractivity contribution < 1.29 is 14.3 Å². The highest BCUT2D eigenvalue weighted by Crippen LogP contribution is 2.25. The van der Waals surface area contributed by atoms with Crippen molar-refractivity contribution in [2.75, 3.05) is 26.7 Å². The van der Waals surface area contributed by atoms with Crippen molar-refractivity contribution in [2.24, 2.45) is 0 Å². The number of carbonyl (C=O) groups is 2. The summed E-state index contributed by atoms with van der Waals surface area (Å²) in [6.45, 7) is 5.39. The molecule has 7 nitrogen and oxygen atoms in total. The molecule has 1 aliphatic rings. The molecule has 0 bridgehead atoms. The second-order valence-electron chi connectivity index (χ2n) is 8.11. The molecule has 0 saturated carbocycles. The lowest BCUT2D eigenvalue weighted by atomic mass is 9.97. The zero-order valence-electron chi connectivity index (χ0n) is 19.2. The van der Waals surface area contributed by atoms with Crippen molar-refractivity contribution in [2.45, 2.75) is 26.3 Å². The summed E-state index contributed by atoms with van der Waals surface area (Å²) in [6, 6.07) is 15.4. The second-order valence-corrected chi connectivity index (χ2v) is 8.11. The first-order chi connectivity index (χ1) is 16.0. The first kappa shape index (κ1) is 22.5. The Kier molecular flexibility index (Phi) is 6.68. The molecule has 0 unspecified atom stereocenters. The second kappa shape index (κ2) is 9.81. The number of piperazine rings is 1. The van der Waals surface area contributed by atoms with Crippen LogP contribution in [0.25, 0.3) is 11.1 Å². The van der Waals surface area contributed by atoms with Gasteiger partial charge in [0.25, 0.3) is 5.91 Å². The Balaban J connectivity index is 1.61. The van der Waals surface area contributed by atoms with Crippen LogP contribution < -0.4 is 4.74 Å². The summed E-state index contributed by atoms with van der Waals surface area (Å²) < 4.78 is 5.25. The highest BCUT2D eigenvalue weighted by Gasteiger charge is 2.37. The monoisotopic (exact) mass is 444 g/mol. The largest absolute Gasteiger partial charge is 0.497 e. The van der Waals surface area contributed by atoms with Gasteiger partial charge in [-0.2, -0.15) is 0 Å². The van der Waals surface area contributed by atoms with Crippen LogP contribution in [0.2, 0.25) is 0 Å². The predicted molar refractivity (Wildman–Crippen MR) is 126 cm³/mol. The standard InChI is InChI=1S/C26H28N4O3/c1-4-29-12-13-30(25(31)23-17-27-18(2)16-28-23)24(26(29)32)15-19-6-5-7-21(14-19)20-8-10-22(33-3)11-9-20/h5-11,14,16-17,24H,4,12-13,15H2,1-3H3/t24-/m0/s1. The molecule has 0 spiro atoms. The number of amides is 2. The van der Waals surface area contributed by atoms with Crippen molar-refractivity contribution in [3.63, 3.8) is 0 Å². The number of hydrogen-bond donors (Lipinski definition) is 0. The highest BCUT2D eigenvalue weighted by molar-refractivity contribution is 5.96. The minimum Gasteiger partial charge on any atom is -0.497 e. The molecule has 0 aliphatic carbocycles. The number of rotatable bonds is 6. The number of aromatic nitrogens is 2. The molecule has 1 aliphatic heterocycles. The summed E-state index contributed by atoms with van der Waals surface area (Å²) in [6.07, 6.45) is 3.49. The number of nitrogens with zero attached hydrogens (tertiary/aromatic N) is 4. The van der Waals surface area contributed by atoms with Gasteiger partial charge < -0.3 is 14.5 Å². The fourth-order valence-corrected chi connectivity index (χ4v) is 4.13. The Morgan fingerprint density at radius 3 is 2.52 bits per heavy atom. The van der Waals surface area contributed by atoms with Gasteiger partial charge in [0.1, 0.15) is 17.5 Å². The molecule has 2 amide bonds. The van der Waals surface area contributed by atoms with E-state index >= 15 is 0 Å². The first-order valence-electron chi connectivity index (χ1n) is 11.1. The van der Waals surface area contributed by atoms with Gasteiger partial charge in [-0.1, -0.05) is 36.4 Å². The molecule has 0 N–H and O–H groups in total. The Labute approximate surface area is 194 Å². The van der Waals surface area contributed by atoms with Gasteiger partial charge in [-0.25, -0.2) is 4.98 Å². The third kappa shape index (κ3) is 4.87. The van der Waals surface area contributed by atoms with E-state index in [1.54, 1.807) is 18.2 Å². The zero-order chi connectivity index (χ0) is 23.4. The molecule has 2 heterocycles.